The maximum Gasteiger partial charge on any atom is 0.317 e. The van der Waals surface area contributed by atoms with Crippen molar-refractivity contribution in [3.63, 3.8) is 0 Å². The Morgan fingerprint density at radius 2 is 2.23 bits per heavy atom. The number of amides is 3. The quantitative estimate of drug-likeness (QED) is 0.837. The van der Waals surface area contributed by atoms with Crippen LogP contribution in [0, 0.1) is 17.2 Å². The summed E-state index contributed by atoms with van der Waals surface area (Å²) in [6.07, 6.45) is 0. The van der Waals surface area contributed by atoms with Crippen LogP contribution in [-0.2, 0) is 16.1 Å². The van der Waals surface area contributed by atoms with Gasteiger partial charge in [-0.3, -0.25) is 4.79 Å². The molecule has 8 heteroatoms. The van der Waals surface area contributed by atoms with Gasteiger partial charge in [0.05, 0.1) is 23.7 Å². The van der Waals surface area contributed by atoms with Gasteiger partial charge in [-0.25, -0.2) is 9.18 Å². The highest BCUT2D eigenvalue weighted by atomic mass is 35.5. The summed E-state index contributed by atoms with van der Waals surface area (Å²) in [7, 11) is 0. The fourth-order valence-electron chi connectivity index (χ4n) is 3.56. The van der Waals surface area contributed by atoms with Gasteiger partial charge >= 0.3 is 6.03 Å². The molecule has 2 N–H and O–H groups in total. The molecule has 2 aliphatic rings. The summed E-state index contributed by atoms with van der Waals surface area (Å²) < 4.78 is 18.8. The van der Waals surface area contributed by atoms with Crippen molar-refractivity contribution < 1.29 is 18.7 Å². The van der Waals surface area contributed by atoms with Crippen LogP contribution < -0.4 is 10.6 Å². The van der Waals surface area contributed by atoms with E-state index in [1.165, 1.54) is 12.1 Å². The molecule has 3 rings (SSSR count). The van der Waals surface area contributed by atoms with E-state index in [2.05, 4.69) is 10.6 Å². The van der Waals surface area contributed by atoms with Crippen molar-refractivity contribution in [3.8, 4) is 0 Å². The normalized spacial score (nSPS) is 24.7. The number of halogens is 2. The molecular weight excluding hydrogens is 361 g/mol. The van der Waals surface area contributed by atoms with Crippen LogP contribution >= 0.6 is 11.6 Å². The molecule has 26 heavy (non-hydrogen) atoms. The fourth-order valence-corrected chi connectivity index (χ4v) is 3.76. The van der Waals surface area contributed by atoms with Crippen LogP contribution in [0.25, 0.3) is 0 Å². The van der Waals surface area contributed by atoms with Crippen LogP contribution in [0.1, 0.15) is 19.4 Å². The Hall–Kier alpha value is -1.86. The second kappa shape index (κ2) is 7.40. The van der Waals surface area contributed by atoms with E-state index < -0.39 is 11.2 Å². The van der Waals surface area contributed by atoms with Gasteiger partial charge in [0.15, 0.2) is 0 Å². The van der Waals surface area contributed by atoms with Crippen LogP contribution in [0.3, 0.4) is 0 Å². The van der Waals surface area contributed by atoms with Crippen molar-refractivity contribution in [3.05, 3.63) is 34.6 Å². The van der Waals surface area contributed by atoms with Crippen molar-refractivity contribution in [1.29, 1.82) is 0 Å². The number of carbonyl (C=O) groups is 2. The highest BCUT2D eigenvalue weighted by Gasteiger charge is 2.56. The lowest BCUT2D eigenvalue weighted by Crippen LogP contribution is -2.48. The van der Waals surface area contributed by atoms with E-state index in [1.807, 2.05) is 13.8 Å². The van der Waals surface area contributed by atoms with Gasteiger partial charge in [0.25, 0.3) is 0 Å². The van der Waals surface area contributed by atoms with Gasteiger partial charge in [0.2, 0.25) is 5.91 Å². The van der Waals surface area contributed by atoms with Crippen LogP contribution in [0.5, 0.6) is 0 Å². The molecule has 2 saturated heterocycles. The largest absolute Gasteiger partial charge is 0.380 e. The van der Waals surface area contributed by atoms with Gasteiger partial charge in [-0.1, -0.05) is 17.7 Å². The molecule has 1 aromatic rings. The molecule has 3 amide bonds. The lowest BCUT2D eigenvalue weighted by molar-refractivity contribution is -0.131. The number of benzene rings is 1. The zero-order valence-corrected chi connectivity index (χ0v) is 15.6. The number of hydrogen-bond acceptors (Lipinski definition) is 3. The van der Waals surface area contributed by atoms with Gasteiger partial charge in [-0.15, -0.1) is 0 Å². The summed E-state index contributed by atoms with van der Waals surface area (Å²) in [5, 5.41) is 5.78. The molecule has 0 aliphatic carbocycles. The van der Waals surface area contributed by atoms with Crippen LogP contribution in [0.15, 0.2) is 18.2 Å². The number of rotatable bonds is 4. The second-order valence-electron chi connectivity index (χ2n) is 7.28. The van der Waals surface area contributed by atoms with E-state index in [-0.39, 0.29) is 35.5 Å². The van der Waals surface area contributed by atoms with Gasteiger partial charge < -0.3 is 20.3 Å². The van der Waals surface area contributed by atoms with Gasteiger partial charge in [-0.2, -0.15) is 0 Å². The predicted molar refractivity (Wildman–Crippen MR) is 95.2 cm³/mol. The van der Waals surface area contributed by atoms with Gasteiger partial charge in [0, 0.05) is 31.6 Å². The van der Waals surface area contributed by atoms with E-state index >= 15 is 0 Å². The van der Waals surface area contributed by atoms with Crippen LogP contribution in [-0.4, -0.2) is 49.2 Å². The van der Waals surface area contributed by atoms with Crippen molar-refractivity contribution in [2.45, 2.75) is 26.4 Å². The molecule has 2 aliphatic heterocycles. The minimum absolute atomic E-state index is 0.0226. The summed E-state index contributed by atoms with van der Waals surface area (Å²) in [6.45, 7) is 5.61. The molecule has 2 fully saturated rings. The minimum atomic E-state index is -0.738. The molecular formula is C18H23ClFN3O3. The summed E-state index contributed by atoms with van der Waals surface area (Å²) >= 11 is 5.78. The maximum atomic E-state index is 13.2. The third-order valence-corrected chi connectivity index (χ3v) is 5.25. The van der Waals surface area contributed by atoms with Crippen molar-refractivity contribution >= 4 is 23.5 Å². The highest BCUT2D eigenvalue weighted by Crippen LogP contribution is 2.41. The van der Waals surface area contributed by atoms with Crippen molar-refractivity contribution in [2.75, 3.05) is 26.3 Å². The molecule has 0 unspecified atom stereocenters. The lowest BCUT2D eigenvalue weighted by atomic mass is 9.80. The SMILES string of the molecule is CC(C)NC(=O)N1C[C@@H]2COC[C@]2(C(=O)NCc2ccc(F)c(Cl)c2)C1. The molecule has 1 aromatic carbocycles. The Morgan fingerprint density at radius 1 is 1.46 bits per heavy atom. The molecule has 0 radical (unpaired) electrons. The Balaban J connectivity index is 1.66. The Kier molecular flexibility index (Phi) is 5.39. The topological polar surface area (TPSA) is 70.7 Å². The average Bonchev–Trinajstić information content (AvgIpc) is 3.13. The maximum absolute atomic E-state index is 13.2. The van der Waals surface area contributed by atoms with E-state index in [1.54, 1.807) is 11.0 Å². The zero-order valence-electron chi connectivity index (χ0n) is 14.9. The van der Waals surface area contributed by atoms with E-state index in [0.717, 1.165) is 0 Å². The number of hydrogen-bond donors (Lipinski definition) is 2. The first kappa shape index (κ1) is 18.9. The molecule has 0 bridgehead atoms. The zero-order chi connectivity index (χ0) is 18.9. The standard InChI is InChI=1S/C18H23ClFN3O3/c1-11(2)22-17(25)23-7-13-8-26-10-18(13,9-23)16(24)21-6-12-3-4-15(20)14(19)5-12/h3-5,11,13H,6-10H2,1-2H3,(H,21,24)(H,22,25)/t13-,18-/m1/s1. The predicted octanol–water partition coefficient (Wildman–Crippen LogP) is 2.16. The van der Waals surface area contributed by atoms with E-state index in [0.29, 0.717) is 31.9 Å². The van der Waals surface area contributed by atoms with Crippen LogP contribution in [0.4, 0.5) is 9.18 Å². The molecule has 142 valence electrons. The summed E-state index contributed by atoms with van der Waals surface area (Å²) in [5.74, 6) is -0.676. The number of urea groups is 1. The van der Waals surface area contributed by atoms with E-state index in [9.17, 15) is 14.0 Å². The molecule has 2 atom stereocenters. The average molecular weight is 384 g/mol. The number of carbonyl (C=O) groups excluding carboxylic acids is 2. The van der Waals surface area contributed by atoms with Gasteiger partial charge in [-0.05, 0) is 31.5 Å². The fraction of sp³-hybridized carbons (Fsp3) is 0.556. The first-order valence-electron chi connectivity index (χ1n) is 8.67. The lowest BCUT2D eigenvalue weighted by Gasteiger charge is -2.26. The Morgan fingerprint density at radius 3 is 2.92 bits per heavy atom. The van der Waals surface area contributed by atoms with Gasteiger partial charge in [0.1, 0.15) is 5.82 Å². The first-order valence-corrected chi connectivity index (χ1v) is 9.05. The highest BCUT2D eigenvalue weighted by molar-refractivity contribution is 6.30. The molecule has 0 aromatic heterocycles. The Labute approximate surface area is 157 Å². The summed E-state index contributed by atoms with van der Waals surface area (Å²) in [5.41, 5.74) is -0.0259. The monoisotopic (exact) mass is 383 g/mol. The van der Waals surface area contributed by atoms with Crippen LogP contribution in [0.2, 0.25) is 5.02 Å². The number of fused-ring (bicyclic) bond motifs is 1. The van der Waals surface area contributed by atoms with Crippen molar-refractivity contribution in [2.24, 2.45) is 11.3 Å². The second-order valence-corrected chi connectivity index (χ2v) is 7.69. The summed E-state index contributed by atoms with van der Waals surface area (Å²) in [4.78, 5) is 26.9. The number of nitrogens with zero attached hydrogens (tertiary/aromatic N) is 1. The first-order chi connectivity index (χ1) is 12.3. The Bertz CT molecular complexity index is 715. The number of ether oxygens (including phenoxy) is 1. The smallest absolute Gasteiger partial charge is 0.317 e. The molecule has 0 saturated carbocycles. The molecule has 2 heterocycles. The number of nitrogens with one attached hydrogen (secondary N) is 2. The van der Waals surface area contributed by atoms with Crippen molar-refractivity contribution in [1.82, 2.24) is 15.5 Å². The number of likely N-dealkylation sites (tertiary alicyclic amines) is 1. The summed E-state index contributed by atoms with van der Waals surface area (Å²) in [6, 6.07) is 4.23. The molecule has 6 nitrogen and oxygen atoms in total. The third-order valence-electron chi connectivity index (χ3n) is 4.96. The minimum Gasteiger partial charge on any atom is -0.380 e. The molecule has 0 spiro atoms. The van der Waals surface area contributed by atoms with E-state index in [4.69, 9.17) is 16.3 Å². The third kappa shape index (κ3) is 3.64.